The first-order chi connectivity index (χ1) is 15.6. The Labute approximate surface area is 186 Å². The lowest BCUT2D eigenvalue weighted by Gasteiger charge is -2.16. The first-order valence-corrected chi connectivity index (χ1v) is 10.4. The number of nitrogens with zero attached hydrogens (tertiary/aromatic N) is 3. The molecule has 5 rings (SSSR count). The van der Waals surface area contributed by atoms with Crippen LogP contribution in [0.25, 0.3) is 16.9 Å². The average molecular weight is 425 g/mol. The zero-order chi connectivity index (χ0) is 22.2. The number of para-hydroxylation sites is 2. The molecule has 1 heterocycles. The highest BCUT2D eigenvalue weighted by Gasteiger charge is 2.33. The van der Waals surface area contributed by atoms with E-state index in [1.165, 1.54) is 0 Å². The molecule has 0 saturated heterocycles. The Bertz CT molecular complexity index is 1300. The summed E-state index contributed by atoms with van der Waals surface area (Å²) in [5.41, 5.74) is 6.06. The summed E-state index contributed by atoms with van der Waals surface area (Å²) in [6.07, 6.45) is 0.599. The van der Waals surface area contributed by atoms with Crippen molar-refractivity contribution in [2.45, 2.75) is 6.42 Å². The molecule has 3 aromatic carbocycles. The average Bonchev–Trinajstić information content (AvgIpc) is 3.40. The molecule has 0 saturated carbocycles. The van der Waals surface area contributed by atoms with Gasteiger partial charge in [-0.15, -0.1) is 0 Å². The normalized spacial score (nSPS) is 11.6. The maximum Gasteiger partial charge on any atom is 0.278 e. The lowest BCUT2D eigenvalue weighted by atomic mass is 10.1. The van der Waals surface area contributed by atoms with E-state index < -0.39 is 0 Å². The topological polar surface area (TPSA) is 56.6 Å². The summed E-state index contributed by atoms with van der Waals surface area (Å²) in [6.45, 7) is 0. The molecule has 0 bridgehead atoms. The minimum atomic E-state index is -0.145. The Morgan fingerprint density at radius 3 is 2.22 bits per heavy atom. The molecular formula is C26H23N3O3. The van der Waals surface area contributed by atoms with E-state index >= 15 is 0 Å². The Morgan fingerprint density at radius 1 is 0.938 bits per heavy atom. The number of carbonyl (C=O) groups excluding carboxylic acids is 1. The number of amides is 1. The van der Waals surface area contributed by atoms with Crippen molar-refractivity contribution in [1.82, 2.24) is 9.78 Å². The summed E-state index contributed by atoms with van der Waals surface area (Å²) in [5.74, 6) is 1.17. The smallest absolute Gasteiger partial charge is 0.278 e. The number of anilines is 1. The third-order valence-electron chi connectivity index (χ3n) is 5.87. The molecule has 6 heteroatoms. The maximum atomic E-state index is 13.5. The molecule has 1 aliphatic carbocycles. The van der Waals surface area contributed by atoms with Gasteiger partial charge in [-0.3, -0.25) is 4.79 Å². The molecule has 0 aliphatic heterocycles. The zero-order valence-corrected chi connectivity index (χ0v) is 18.2. The van der Waals surface area contributed by atoms with Crippen LogP contribution in [0.2, 0.25) is 0 Å². The SMILES string of the molecule is COc1cc2c(cc1OC)-c1c(c(C(=O)N(C)c3ccccc3)nn1-c1ccccc1)C2. The summed E-state index contributed by atoms with van der Waals surface area (Å²) in [7, 11) is 5.03. The second-order valence-corrected chi connectivity index (χ2v) is 7.66. The van der Waals surface area contributed by atoms with Crippen LogP contribution in [0.3, 0.4) is 0 Å². The first-order valence-electron chi connectivity index (χ1n) is 10.4. The summed E-state index contributed by atoms with van der Waals surface area (Å²) in [4.78, 5) is 15.2. The van der Waals surface area contributed by atoms with Gasteiger partial charge in [0.25, 0.3) is 5.91 Å². The van der Waals surface area contributed by atoms with Crippen molar-refractivity contribution in [1.29, 1.82) is 0 Å². The molecule has 0 spiro atoms. The fourth-order valence-electron chi connectivity index (χ4n) is 4.23. The van der Waals surface area contributed by atoms with Gasteiger partial charge in [0.2, 0.25) is 0 Å². The van der Waals surface area contributed by atoms with Crippen LogP contribution in [0, 0.1) is 0 Å². The van der Waals surface area contributed by atoms with E-state index in [1.807, 2.05) is 77.5 Å². The molecule has 4 aromatic rings. The predicted molar refractivity (Wildman–Crippen MR) is 124 cm³/mol. The van der Waals surface area contributed by atoms with E-state index in [0.29, 0.717) is 23.6 Å². The molecule has 0 radical (unpaired) electrons. The largest absolute Gasteiger partial charge is 0.493 e. The second kappa shape index (κ2) is 7.89. The van der Waals surface area contributed by atoms with Crippen LogP contribution in [0.5, 0.6) is 11.5 Å². The molecule has 0 fully saturated rings. The summed E-state index contributed by atoms with van der Waals surface area (Å²) >= 11 is 0. The van der Waals surface area contributed by atoms with Crippen molar-refractivity contribution in [3.63, 3.8) is 0 Å². The van der Waals surface area contributed by atoms with Crippen molar-refractivity contribution in [3.05, 3.63) is 89.6 Å². The lowest BCUT2D eigenvalue weighted by Crippen LogP contribution is -2.27. The Kier molecular flexibility index (Phi) is 4.90. The van der Waals surface area contributed by atoms with Gasteiger partial charge < -0.3 is 14.4 Å². The highest BCUT2D eigenvalue weighted by atomic mass is 16.5. The van der Waals surface area contributed by atoms with Gasteiger partial charge in [-0.1, -0.05) is 36.4 Å². The van der Waals surface area contributed by atoms with Crippen molar-refractivity contribution in [2.75, 3.05) is 26.2 Å². The van der Waals surface area contributed by atoms with Crippen LogP contribution in [-0.4, -0.2) is 37.0 Å². The molecule has 160 valence electrons. The van der Waals surface area contributed by atoms with Crippen LogP contribution in [0.1, 0.15) is 21.6 Å². The number of aromatic nitrogens is 2. The van der Waals surface area contributed by atoms with E-state index in [1.54, 1.807) is 26.2 Å². The fraction of sp³-hybridized carbons (Fsp3) is 0.154. The van der Waals surface area contributed by atoms with Gasteiger partial charge in [-0.2, -0.15) is 5.10 Å². The first kappa shape index (κ1) is 19.9. The van der Waals surface area contributed by atoms with E-state index in [9.17, 15) is 4.79 Å². The Morgan fingerprint density at radius 2 is 1.56 bits per heavy atom. The van der Waals surface area contributed by atoms with Crippen LogP contribution >= 0.6 is 0 Å². The number of ether oxygens (including phenoxy) is 2. The monoisotopic (exact) mass is 425 g/mol. The van der Waals surface area contributed by atoms with E-state index in [0.717, 1.165) is 33.8 Å². The van der Waals surface area contributed by atoms with E-state index in [2.05, 4.69) is 0 Å². The zero-order valence-electron chi connectivity index (χ0n) is 18.2. The van der Waals surface area contributed by atoms with Crippen LogP contribution in [-0.2, 0) is 6.42 Å². The number of carbonyl (C=O) groups is 1. The van der Waals surface area contributed by atoms with Crippen LogP contribution < -0.4 is 14.4 Å². The molecule has 0 unspecified atom stereocenters. The van der Waals surface area contributed by atoms with Crippen LogP contribution in [0.4, 0.5) is 5.69 Å². The number of benzene rings is 3. The van der Waals surface area contributed by atoms with Gasteiger partial charge in [0.05, 0.1) is 25.6 Å². The van der Waals surface area contributed by atoms with Crippen molar-refractivity contribution in [2.24, 2.45) is 0 Å². The molecule has 1 aromatic heterocycles. The minimum Gasteiger partial charge on any atom is -0.493 e. The van der Waals surface area contributed by atoms with Gasteiger partial charge in [0, 0.05) is 30.3 Å². The van der Waals surface area contributed by atoms with Crippen molar-refractivity contribution >= 4 is 11.6 Å². The molecule has 6 nitrogen and oxygen atoms in total. The summed E-state index contributed by atoms with van der Waals surface area (Å²) in [5, 5.41) is 4.80. The van der Waals surface area contributed by atoms with Crippen molar-refractivity contribution in [3.8, 4) is 28.4 Å². The lowest BCUT2D eigenvalue weighted by molar-refractivity contribution is 0.0987. The third kappa shape index (κ3) is 3.12. The molecule has 0 N–H and O–H groups in total. The predicted octanol–water partition coefficient (Wildman–Crippen LogP) is 4.74. The van der Waals surface area contributed by atoms with Gasteiger partial charge in [0.1, 0.15) is 0 Å². The molecule has 32 heavy (non-hydrogen) atoms. The van der Waals surface area contributed by atoms with Gasteiger partial charge >= 0.3 is 0 Å². The second-order valence-electron chi connectivity index (χ2n) is 7.66. The number of hydrogen-bond acceptors (Lipinski definition) is 4. The highest BCUT2D eigenvalue weighted by Crippen LogP contribution is 2.45. The van der Waals surface area contributed by atoms with Gasteiger partial charge in [0.15, 0.2) is 17.2 Å². The summed E-state index contributed by atoms with van der Waals surface area (Å²) in [6, 6.07) is 23.4. The van der Waals surface area contributed by atoms with Gasteiger partial charge in [-0.05, 0) is 42.0 Å². The quantitative estimate of drug-likeness (QED) is 0.408. The highest BCUT2D eigenvalue weighted by molar-refractivity contribution is 6.07. The molecular weight excluding hydrogens is 402 g/mol. The van der Waals surface area contributed by atoms with Crippen molar-refractivity contribution < 1.29 is 14.3 Å². The molecule has 1 aliphatic rings. The van der Waals surface area contributed by atoms with E-state index in [4.69, 9.17) is 14.6 Å². The number of hydrogen-bond donors (Lipinski definition) is 0. The van der Waals surface area contributed by atoms with Gasteiger partial charge in [-0.25, -0.2) is 4.68 Å². The Balaban J connectivity index is 1.69. The standard InChI is InChI=1S/C26H23N3O3/c1-28(18-10-6-4-7-11-18)26(30)24-21-14-17-15-22(31-2)23(32-3)16-20(17)25(21)29(27-24)19-12-8-5-9-13-19/h4-13,15-16H,14H2,1-3H3. The number of methoxy groups -OCH3 is 2. The third-order valence-corrected chi connectivity index (χ3v) is 5.87. The summed E-state index contributed by atoms with van der Waals surface area (Å²) < 4.78 is 12.9. The fourth-order valence-corrected chi connectivity index (χ4v) is 4.23. The maximum absolute atomic E-state index is 13.5. The Hall–Kier alpha value is -4.06. The minimum absolute atomic E-state index is 0.145. The van der Waals surface area contributed by atoms with E-state index in [-0.39, 0.29) is 5.91 Å². The van der Waals surface area contributed by atoms with Crippen LogP contribution in [0.15, 0.2) is 72.8 Å². The molecule has 0 atom stereocenters. The number of fused-ring (bicyclic) bond motifs is 3. The number of rotatable bonds is 5. The molecule has 1 amide bonds.